The molecule has 0 radical (unpaired) electrons. The number of rotatable bonds is 3. The summed E-state index contributed by atoms with van der Waals surface area (Å²) in [5, 5.41) is 8.65. The van der Waals surface area contributed by atoms with E-state index < -0.39 is 5.97 Å². The van der Waals surface area contributed by atoms with E-state index in [4.69, 9.17) is 16.7 Å². The summed E-state index contributed by atoms with van der Waals surface area (Å²) in [5.41, 5.74) is 0.459. The van der Waals surface area contributed by atoms with E-state index in [0.29, 0.717) is 10.6 Å². The van der Waals surface area contributed by atoms with Gasteiger partial charge in [-0.25, -0.2) is 0 Å². The Morgan fingerprint density at radius 1 is 1.29 bits per heavy atom. The van der Waals surface area contributed by atoms with Crippen molar-refractivity contribution in [1.29, 1.82) is 0 Å². The fourth-order valence-electron chi connectivity index (χ4n) is 0.797. The van der Waals surface area contributed by atoms with Crippen molar-refractivity contribution in [2.75, 3.05) is 5.75 Å². The van der Waals surface area contributed by atoms with Gasteiger partial charge in [-0.3, -0.25) is 9.59 Å². The van der Waals surface area contributed by atoms with Crippen LogP contribution < -0.4 is 0 Å². The number of halogens is 1. The van der Waals surface area contributed by atoms with Crippen LogP contribution in [0.5, 0.6) is 0 Å². The number of carboxylic acids is 1. The molecule has 1 N–H and O–H groups in total. The van der Waals surface area contributed by atoms with Crippen molar-refractivity contribution >= 4 is 34.4 Å². The number of aliphatic carboxylic acids is 1. The fraction of sp³-hybridized carbons (Fsp3) is 0.111. The zero-order chi connectivity index (χ0) is 10.6. The Bertz CT molecular complexity index is 348. The van der Waals surface area contributed by atoms with Gasteiger partial charge in [0.2, 0.25) is 5.12 Å². The standard InChI is InChI=1S/C9H7ClO3S/c10-7-3-1-6(2-4-7)9(13)14-5-8(11)12/h1-4H,5H2,(H,11,12). The molecule has 1 aromatic rings. The second-order valence-electron chi connectivity index (χ2n) is 2.48. The van der Waals surface area contributed by atoms with Crippen LogP contribution >= 0.6 is 23.4 Å². The largest absolute Gasteiger partial charge is 0.481 e. The molecule has 3 nitrogen and oxygen atoms in total. The molecule has 1 rings (SSSR count). The van der Waals surface area contributed by atoms with Crippen LogP contribution in [-0.2, 0) is 4.79 Å². The lowest BCUT2D eigenvalue weighted by atomic mass is 10.2. The Morgan fingerprint density at radius 2 is 1.86 bits per heavy atom. The van der Waals surface area contributed by atoms with Gasteiger partial charge in [-0.05, 0) is 24.3 Å². The van der Waals surface area contributed by atoms with E-state index in [9.17, 15) is 9.59 Å². The van der Waals surface area contributed by atoms with Crippen LogP contribution in [0.25, 0.3) is 0 Å². The highest BCUT2D eigenvalue weighted by Gasteiger charge is 2.08. The summed E-state index contributed by atoms with van der Waals surface area (Å²) in [6.45, 7) is 0. The molecule has 1 aromatic carbocycles. The summed E-state index contributed by atoms with van der Waals surface area (Å²) >= 11 is 6.39. The van der Waals surface area contributed by atoms with Gasteiger partial charge >= 0.3 is 5.97 Å². The third-order valence-electron chi connectivity index (χ3n) is 1.41. The van der Waals surface area contributed by atoms with E-state index >= 15 is 0 Å². The molecule has 74 valence electrons. The van der Waals surface area contributed by atoms with Gasteiger partial charge in [0, 0.05) is 10.6 Å². The van der Waals surface area contributed by atoms with Crippen LogP contribution in [0.1, 0.15) is 10.4 Å². The van der Waals surface area contributed by atoms with Crippen LogP contribution in [-0.4, -0.2) is 21.9 Å². The van der Waals surface area contributed by atoms with Crippen molar-refractivity contribution < 1.29 is 14.7 Å². The Labute approximate surface area is 90.1 Å². The minimum Gasteiger partial charge on any atom is -0.481 e. The number of carbonyl (C=O) groups is 2. The predicted octanol–water partition coefficient (Wildman–Crippen LogP) is 2.30. The quantitative estimate of drug-likeness (QED) is 0.866. The van der Waals surface area contributed by atoms with Crippen molar-refractivity contribution in [1.82, 2.24) is 0 Å². The minimum atomic E-state index is -1.00. The van der Waals surface area contributed by atoms with Crippen LogP contribution in [0.3, 0.4) is 0 Å². The lowest BCUT2D eigenvalue weighted by Gasteiger charge is -1.98. The third kappa shape index (κ3) is 3.40. The monoisotopic (exact) mass is 230 g/mol. The molecule has 5 heteroatoms. The molecular weight excluding hydrogens is 224 g/mol. The average molecular weight is 231 g/mol. The van der Waals surface area contributed by atoms with Gasteiger partial charge in [0.05, 0.1) is 5.75 Å². The second-order valence-corrected chi connectivity index (χ2v) is 3.86. The normalized spacial score (nSPS) is 9.79. The molecule has 0 amide bonds. The van der Waals surface area contributed by atoms with Crippen molar-refractivity contribution in [3.05, 3.63) is 34.9 Å². The maximum atomic E-state index is 11.3. The molecule has 0 bridgehead atoms. The zero-order valence-corrected chi connectivity index (χ0v) is 8.64. The van der Waals surface area contributed by atoms with Crippen molar-refractivity contribution in [2.24, 2.45) is 0 Å². The first-order valence-corrected chi connectivity index (χ1v) is 5.10. The molecule has 0 atom stereocenters. The number of carbonyl (C=O) groups excluding carboxylic acids is 1. The summed E-state index contributed by atoms with van der Waals surface area (Å²) < 4.78 is 0. The number of benzene rings is 1. The summed E-state index contributed by atoms with van der Waals surface area (Å²) in [6, 6.07) is 6.32. The highest BCUT2D eigenvalue weighted by atomic mass is 35.5. The third-order valence-corrected chi connectivity index (χ3v) is 2.55. The molecular formula is C9H7ClO3S. The van der Waals surface area contributed by atoms with Gasteiger partial charge in [-0.2, -0.15) is 0 Å². The average Bonchev–Trinajstić information content (AvgIpc) is 2.15. The maximum Gasteiger partial charge on any atom is 0.313 e. The molecule has 0 fully saturated rings. The second kappa shape index (κ2) is 5.02. The van der Waals surface area contributed by atoms with Gasteiger partial charge in [-0.1, -0.05) is 23.4 Å². The Morgan fingerprint density at radius 3 is 2.36 bits per heavy atom. The summed E-state index contributed by atoms with van der Waals surface area (Å²) in [7, 11) is 0. The van der Waals surface area contributed by atoms with Crippen LogP contribution in [0.15, 0.2) is 24.3 Å². The summed E-state index contributed by atoms with van der Waals surface area (Å²) in [6.07, 6.45) is 0. The topological polar surface area (TPSA) is 54.4 Å². The number of carboxylic acid groups (broad SMARTS) is 1. The highest BCUT2D eigenvalue weighted by Crippen LogP contribution is 2.15. The van der Waals surface area contributed by atoms with E-state index in [0.717, 1.165) is 11.8 Å². The summed E-state index contributed by atoms with van der Waals surface area (Å²) in [4.78, 5) is 21.5. The molecule has 0 unspecified atom stereocenters. The van der Waals surface area contributed by atoms with Crippen LogP contribution in [0, 0.1) is 0 Å². The smallest absolute Gasteiger partial charge is 0.313 e. The molecule has 0 heterocycles. The van der Waals surface area contributed by atoms with E-state index in [1.807, 2.05) is 0 Å². The fourth-order valence-corrected chi connectivity index (χ4v) is 1.48. The first-order chi connectivity index (χ1) is 6.59. The maximum absolute atomic E-state index is 11.3. The SMILES string of the molecule is O=C(O)CSC(=O)c1ccc(Cl)cc1. The number of hydrogen-bond acceptors (Lipinski definition) is 3. The zero-order valence-electron chi connectivity index (χ0n) is 7.07. The van der Waals surface area contributed by atoms with Crippen molar-refractivity contribution in [3.8, 4) is 0 Å². The Kier molecular flexibility index (Phi) is 3.98. The molecule has 0 aliphatic rings. The van der Waals surface area contributed by atoms with E-state index in [1.54, 1.807) is 24.3 Å². The van der Waals surface area contributed by atoms with Crippen LogP contribution in [0.4, 0.5) is 0 Å². The van der Waals surface area contributed by atoms with Crippen molar-refractivity contribution in [3.63, 3.8) is 0 Å². The molecule has 0 spiro atoms. The minimum absolute atomic E-state index is 0.221. The van der Waals surface area contributed by atoms with Crippen molar-refractivity contribution in [2.45, 2.75) is 0 Å². The Hall–Kier alpha value is -1.00. The molecule has 0 saturated carbocycles. The lowest BCUT2D eigenvalue weighted by molar-refractivity contribution is -0.133. The van der Waals surface area contributed by atoms with Crippen LogP contribution in [0.2, 0.25) is 5.02 Å². The van der Waals surface area contributed by atoms with E-state index in [-0.39, 0.29) is 10.9 Å². The molecule has 0 aliphatic heterocycles. The first kappa shape index (κ1) is 11.1. The first-order valence-electron chi connectivity index (χ1n) is 3.74. The molecule has 14 heavy (non-hydrogen) atoms. The van der Waals surface area contributed by atoms with Gasteiger partial charge in [0.15, 0.2) is 0 Å². The number of thioether (sulfide) groups is 1. The van der Waals surface area contributed by atoms with E-state index in [1.165, 1.54) is 0 Å². The lowest BCUT2D eigenvalue weighted by Crippen LogP contribution is -2.02. The molecule has 0 aliphatic carbocycles. The molecule has 0 aromatic heterocycles. The predicted molar refractivity (Wildman–Crippen MR) is 55.9 cm³/mol. The Balaban J connectivity index is 2.61. The number of hydrogen-bond donors (Lipinski definition) is 1. The van der Waals surface area contributed by atoms with Gasteiger partial charge in [0.1, 0.15) is 0 Å². The van der Waals surface area contributed by atoms with Gasteiger partial charge in [0.25, 0.3) is 0 Å². The van der Waals surface area contributed by atoms with Gasteiger partial charge in [-0.15, -0.1) is 0 Å². The summed E-state index contributed by atoms with van der Waals surface area (Å²) in [5.74, 6) is -1.22. The van der Waals surface area contributed by atoms with Gasteiger partial charge < -0.3 is 5.11 Å². The van der Waals surface area contributed by atoms with E-state index in [2.05, 4.69) is 0 Å². The highest BCUT2D eigenvalue weighted by molar-refractivity contribution is 8.14. The molecule has 0 saturated heterocycles.